The van der Waals surface area contributed by atoms with Crippen molar-refractivity contribution in [2.45, 2.75) is 43.7 Å². The van der Waals surface area contributed by atoms with Crippen molar-refractivity contribution in [2.75, 3.05) is 19.8 Å². The number of hydrogen-bond donors (Lipinski definition) is 1. The minimum Gasteiger partial charge on any atom is -0.476 e. The largest absolute Gasteiger partial charge is 0.476 e. The van der Waals surface area contributed by atoms with E-state index in [2.05, 4.69) is 14.9 Å². The Hall–Kier alpha value is -1.34. The number of aliphatic hydroxyl groups is 1. The Labute approximate surface area is 122 Å². The fourth-order valence-corrected chi connectivity index (χ4v) is 3.53. The summed E-state index contributed by atoms with van der Waals surface area (Å²) >= 11 is 0. The van der Waals surface area contributed by atoms with Crippen LogP contribution >= 0.6 is 0 Å². The van der Waals surface area contributed by atoms with Gasteiger partial charge in [0.25, 0.3) is 6.43 Å². The van der Waals surface area contributed by atoms with E-state index in [1.54, 1.807) is 0 Å². The van der Waals surface area contributed by atoms with Gasteiger partial charge in [-0.25, -0.2) is 13.8 Å². The van der Waals surface area contributed by atoms with E-state index < -0.39 is 12.2 Å². The fraction of sp³-hybridized carbons (Fsp3) is 0.714. The Morgan fingerprint density at radius 2 is 2.33 bits per heavy atom. The molecule has 116 valence electrons. The maximum atomic E-state index is 12.5. The Morgan fingerprint density at radius 3 is 3.10 bits per heavy atom. The predicted molar refractivity (Wildman–Crippen MR) is 71.3 cm³/mol. The van der Waals surface area contributed by atoms with Gasteiger partial charge >= 0.3 is 0 Å². The first-order valence-corrected chi connectivity index (χ1v) is 7.26. The number of halogens is 2. The summed E-state index contributed by atoms with van der Waals surface area (Å²) in [5.41, 5.74) is -0.0895. The molecular weight excluding hydrogens is 280 g/mol. The molecule has 2 atom stereocenters. The number of rotatable bonds is 5. The van der Waals surface area contributed by atoms with E-state index in [-0.39, 0.29) is 24.1 Å². The third kappa shape index (κ3) is 2.72. The average molecular weight is 299 g/mol. The number of alkyl halides is 2. The molecule has 2 aliphatic heterocycles. The first-order chi connectivity index (χ1) is 10.1. The molecule has 2 saturated heterocycles. The van der Waals surface area contributed by atoms with Gasteiger partial charge in [0.2, 0.25) is 5.88 Å². The summed E-state index contributed by atoms with van der Waals surface area (Å²) in [6.45, 7) is 1.54. The molecule has 1 aromatic rings. The summed E-state index contributed by atoms with van der Waals surface area (Å²) in [4.78, 5) is 9.52. The third-order valence-electron chi connectivity index (χ3n) is 4.60. The zero-order chi connectivity index (χ0) is 14.9. The van der Waals surface area contributed by atoms with E-state index in [0.717, 1.165) is 32.2 Å². The monoisotopic (exact) mass is 299 g/mol. The summed E-state index contributed by atoms with van der Waals surface area (Å²) in [7, 11) is 0. The molecule has 0 amide bonds. The second-order valence-corrected chi connectivity index (χ2v) is 5.74. The van der Waals surface area contributed by atoms with Crippen LogP contribution < -0.4 is 4.74 Å². The van der Waals surface area contributed by atoms with Crippen molar-refractivity contribution in [1.82, 2.24) is 14.9 Å². The van der Waals surface area contributed by atoms with Crippen LogP contribution in [-0.4, -0.2) is 51.3 Å². The molecule has 0 bridgehead atoms. The normalized spacial score (nSPS) is 29.0. The lowest BCUT2D eigenvalue weighted by Crippen LogP contribution is -2.46. The molecule has 1 N–H and O–H groups in total. The second kappa shape index (κ2) is 5.81. The van der Waals surface area contributed by atoms with E-state index in [1.807, 2.05) is 0 Å². The molecule has 5 nitrogen and oxygen atoms in total. The zero-order valence-corrected chi connectivity index (χ0v) is 11.7. The van der Waals surface area contributed by atoms with Crippen LogP contribution in [0.5, 0.6) is 5.88 Å². The van der Waals surface area contributed by atoms with Crippen molar-refractivity contribution in [2.24, 2.45) is 0 Å². The molecule has 1 aromatic heterocycles. The van der Waals surface area contributed by atoms with Crippen molar-refractivity contribution < 1.29 is 18.6 Å². The van der Waals surface area contributed by atoms with Gasteiger partial charge in [-0.05, 0) is 32.2 Å². The second-order valence-electron chi connectivity index (χ2n) is 5.74. The lowest BCUT2D eigenvalue weighted by molar-refractivity contribution is 0.0618. The maximum Gasteiger partial charge on any atom is 0.297 e. The van der Waals surface area contributed by atoms with Gasteiger partial charge < -0.3 is 9.84 Å². The van der Waals surface area contributed by atoms with Crippen molar-refractivity contribution in [3.63, 3.8) is 0 Å². The highest BCUT2D eigenvalue weighted by Gasteiger charge is 2.48. The molecule has 0 spiro atoms. The van der Waals surface area contributed by atoms with Crippen LogP contribution in [-0.2, 0) is 0 Å². The van der Waals surface area contributed by atoms with Gasteiger partial charge in [-0.2, -0.15) is 4.98 Å². The molecule has 0 saturated carbocycles. The molecule has 2 fully saturated rings. The van der Waals surface area contributed by atoms with Gasteiger partial charge in [0, 0.05) is 23.8 Å². The Morgan fingerprint density at radius 1 is 1.48 bits per heavy atom. The summed E-state index contributed by atoms with van der Waals surface area (Å²) in [5.74, 6) is -0.328. The molecular formula is C14H19F2N3O2. The Balaban J connectivity index is 1.62. The van der Waals surface area contributed by atoms with Crippen LogP contribution in [0.25, 0.3) is 0 Å². The van der Waals surface area contributed by atoms with E-state index >= 15 is 0 Å². The average Bonchev–Trinajstić information content (AvgIpc) is 3.05. The Bertz CT molecular complexity index is 503. The van der Waals surface area contributed by atoms with Crippen LogP contribution in [0.2, 0.25) is 0 Å². The molecule has 0 radical (unpaired) electrons. The highest BCUT2D eigenvalue weighted by molar-refractivity contribution is 5.10. The van der Waals surface area contributed by atoms with E-state index in [9.17, 15) is 13.9 Å². The molecule has 7 heteroatoms. The number of nitrogens with zero attached hydrogens (tertiary/aromatic N) is 3. The van der Waals surface area contributed by atoms with Crippen LogP contribution in [0, 0.1) is 0 Å². The maximum absolute atomic E-state index is 12.5. The highest BCUT2D eigenvalue weighted by atomic mass is 19.3. The molecule has 2 aliphatic rings. The smallest absolute Gasteiger partial charge is 0.297 e. The summed E-state index contributed by atoms with van der Waals surface area (Å²) < 4.78 is 30.7. The number of fused-ring (bicyclic) bond motifs is 1. The van der Waals surface area contributed by atoms with Crippen LogP contribution in [0.4, 0.5) is 8.78 Å². The Kier molecular flexibility index (Phi) is 4.03. The lowest BCUT2D eigenvalue weighted by atomic mass is 9.95. The van der Waals surface area contributed by atoms with E-state index in [1.165, 1.54) is 12.3 Å². The lowest BCUT2D eigenvalue weighted by Gasteiger charge is -2.33. The highest BCUT2D eigenvalue weighted by Crippen LogP contribution is 2.42. The number of aromatic nitrogens is 2. The molecule has 3 heterocycles. The van der Waals surface area contributed by atoms with Gasteiger partial charge in [-0.15, -0.1) is 0 Å². The van der Waals surface area contributed by atoms with Crippen LogP contribution in [0.15, 0.2) is 12.3 Å². The van der Waals surface area contributed by atoms with Crippen molar-refractivity contribution in [3.05, 3.63) is 18.1 Å². The molecule has 3 rings (SSSR count). The quantitative estimate of drug-likeness (QED) is 0.898. The molecule has 0 unspecified atom stereocenters. The first kappa shape index (κ1) is 14.6. The van der Waals surface area contributed by atoms with Crippen LogP contribution in [0.1, 0.15) is 37.9 Å². The standard InChI is InChI=1S/C14H19F2N3O2/c15-12(16)13-17-6-3-11(18-13)21-8-10-2-5-14(9-20)4-1-7-19(10)14/h3,6,10,12,20H,1-2,4-5,7-9H2/t10-,14-/m0/s1. The summed E-state index contributed by atoms with van der Waals surface area (Å²) in [6, 6.07) is 1.70. The van der Waals surface area contributed by atoms with Crippen LogP contribution in [0.3, 0.4) is 0 Å². The van der Waals surface area contributed by atoms with Gasteiger partial charge in [0.05, 0.1) is 6.61 Å². The molecule has 0 aliphatic carbocycles. The van der Waals surface area contributed by atoms with E-state index in [0.29, 0.717) is 6.61 Å². The van der Waals surface area contributed by atoms with Gasteiger partial charge in [-0.1, -0.05) is 0 Å². The number of aliphatic hydroxyl groups excluding tert-OH is 1. The topological polar surface area (TPSA) is 58.5 Å². The number of ether oxygens (including phenoxy) is 1. The third-order valence-corrected chi connectivity index (χ3v) is 4.60. The molecule has 21 heavy (non-hydrogen) atoms. The minimum absolute atomic E-state index is 0.0895. The molecule has 0 aromatic carbocycles. The zero-order valence-electron chi connectivity index (χ0n) is 11.7. The number of hydrogen-bond acceptors (Lipinski definition) is 5. The van der Waals surface area contributed by atoms with Gasteiger partial charge in [0.1, 0.15) is 6.61 Å². The predicted octanol–water partition coefficient (Wildman–Crippen LogP) is 1.78. The van der Waals surface area contributed by atoms with Crippen molar-refractivity contribution in [1.29, 1.82) is 0 Å². The summed E-state index contributed by atoms with van der Waals surface area (Å²) in [5, 5.41) is 9.64. The van der Waals surface area contributed by atoms with Crippen molar-refractivity contribution >= 4 is 0 Å². The first-order valence-electron chi connectivity index (χ1n) is 7.26. The van der Waals surface area contributed by atoms with E-state index in [4.69, 9.17) is 4.74 Å². The fourth-order valence-electron chi connectivity index (χ4n) is 3.53. The minimum atomic E-state index is -2.69. The van der Waals surface area contributed by atoms with Gasteiger partial charge in [-0.3, -0.25) is 4.90 Å². The SMILES string of the molecule is OC[C@@]12CCCN1[C@H](COc1ccnc(C(F)F)n1)CC2. The van der Waals surface area contributed by atoms with Gasteiger partial charge in [0.15, 0.2) is 5.82 Å². The summed E-state index contributed by atoms with van der Waals surface area (Å²) in [6.07, 6.45) is 2.60. The van der Waals surface area contributed by atoms with Crippen molar-refractivity contribution in [3.8, 4) is 5.88 Å².